The van der Waals surface area contributed by atoms with Crippen LogP contribution in [0.2, 0.25) is 0 Å². The molecule has 0 bridgehead atoms. The molecule has 0 fully saturated rings. The van der Waals surface area contributed by atoms with E-state index in [1.165, 1.54) is 60.8 Å². The van der Waals surface area contributed by atoms with Gasteiger partial charge in [0, 0.05) is 28.0 Å². The van der Waals surface area contributed by atoms with Crippen molar-refractivity contribution in [2.75, 3.05) is 13.2 Å². The molecule has 4 nitrogen and oxygen atoms in total. The van der Waals surface area contributed by atoms with Gasteiger partial charge in [0.15, 0.2) is 0 Å². The molecule has 2 aliphatic rings. The van der Waals surface area contributed by atoms with Gasteiger partial charge in [-0.05, 0) is 109 Å². The van der Waals surface area contributed by atoms with Gasteiger partial charge in [-0.25, -0.2) is 0 Å². The van der Waals surface area contributed by atoms with Gasteiger partial charge < -0.3 is 19.7 Å². The molecule has 3 aromatic carbocycles. The normalized spacial score (nSPS) is 18.1. The molecule has 4 aromatic rings. The molecule has 3 atom stereocenters. The lowest BCUT2D eigenvalue weighted by Gasteiger charge is -2.27. The quantitative estimate of drug-likeness (QED) is 0.0818. The Hall–Kier alpha value is -3.71. The van der Waals surface area contributed by atoms with E-state index in [2.05, 4.69) is 145 Å². The fourth-order valence-electron chi connectivity index (χ4n) is 8.52. The molecule has 1 aromatic heterocycles. The smallest absolute Gasteiger partial charge is 0.138 e. The molecule has 0 saturated heterocycles. The Bertz CT molecular complexity index is 2120. The molecule has 3 unspecified atom stereocenters. The minimum absolute atomic E-state index is 0.00933. The zero-order valence-corrected chi connectivity index (χ0v) is 39.2. The minimum Gasteiger partial charge on any atom is -0.506 e. The van der Waals surface area contributed by atoms with Crippen molar-refractivity contribution in [3.63, 3.8) is 0 Å². The number of aromatic hydroxyl groups is 1. The van der Waals surface area contributed by atoms with Crippen molar-refractivity contribution >= 4 is 28.7 Å². The molecule has 0 spiro atoms. The van der Waals surface area contributed by atoms with E-state index in [1.54, 1.807) is 23.1 Å². The van der Waals surface area contributed by atoms with Gasteiger partial charge in [0.05, 0.1) is 29.4 Å². The fourth-order valence-corrected chi connectivity index (χ4v) is 10.7. The summed E-state index contributed by atoms with van der Waals surface area (Å²) in [5.74, 6) is 2.18. The first kappa shape index (κ1) is 45.8. The Kier molecular flexibility index (Phi) is 16.0. The summed E-state index contributed by atoms with van der Waals surface area (Å²) in [5, 5.41) is 27.7. The highest BCUT2D eigenvalue weighted by molar-refractivity contribution is 8.02. The maximum absolute atomic E-state index is 11.8. The molecule has 2 N–H and O–H groups in total. The highest BCUT2D eigenvalue weighted by atomic mass is 32.2. The maximum atomic E-state index is 11.8. The zero-order valence-electron chi connectivity index (χ0n) is 37.6. The van der Waals surface area contributed by atoms with Crippen molar-refractivity contribution < 1.29 is 19.7 Å². The lowest BCUT2D eigenvalue weighted by molar-refractivity contribution is 0.231. The van der Waals surface area contributed by atoms with E-state index in [0.717, 1.165) is 76.3 Å². The molecule has 0 radical (unpaired) electrons. The lowest BCUT2D eigenvalue weighted by atomic mass is 9.78. The van der Waals surface area contributed by atoms with Crippen molar-refractivity contribution in [2.45, 2.75) is 154 Å². The van der Waals surface area contributed by atoms with Crippen LogP contribution in [0.3, 0.4) is 0 Å². The summed E-state index contributed by atoms with van der Waals surface area (Å²) in [6.45, 7) is 19.2. The number of allylic oxidation sites excluding steroid dienone is 4. The van der Waals surface area contributed by atoms with Gasteiger partial charge in [-0.15, -0.1) is 23.1 Å². The number of aliphatic hydroxyl groups excluding tert-OH is 1. The Morgan fingerprint density at radius 3 is 1.87 bits per heavy atom. The minimum atomic E-state index is -0.631. The molecule has 1 aliphatic heterocycles. The molecule has 0 amide bonds. The predicted octanol–water partition coefficient (Wildman–Crippen LogP) is 15.6. The molecule has 2 heterocycles. The summed E-state index contributed by atoms with van der Waals surface area (Å²) < 4.78 is 13.2. The number of hydrogen-bond donors (Lipinski definition) is 2. The van der Waals surface area contributed by atoms with Gasteiger partial charge in [-0.3, -0.25) is 0 Å². The van der Waals surface area contributed by atoms with Crippen molar-refractivity contribution in [1.82, 2.24) is 0 Å². The third-order valence-corrected chi connectivity index (χ3v) is 15.1. The topological polar surface area (TPSA) is 58.9 Å². The number of aryl methyl sites for hydroxylation is 1. The van der Waals surface area contributed by atoms with E-state index in [4.69, 9.17) is 9.47 Å². The Labute approximate surface area is 370 Å². The van der Waals surface area contributed by atoms with Gasteiger partial charge in [0.25, 0.3) is 0 Å². The Balaban J connectivity index is 1.16. The second kappa shape index (κ2) is 20.9. The van der Waals surface area contributed by atoms with Gasteiger partial charge in [-0.1, -0.05) is 146 Å². The SMILES string of the molecule is CCCCCC(C)(C)c1ccc(OCCCCOc2ccc(C(C)(C)CCCCC)cc2-c2csc(C3C=CC(C)=CC3)c2O)c(C2=CSC(c3ccc(C)cc3)C2O)c1. The molecular weight excluding hydrogens is 777 g/mol. The number of aliphatic hydroxyl groups is 1. The third-order valence-electron chi connectivity index (χ3n) is 12.8. The van der Waals surface area contributed by atoms with Crippen molar-refractivity contribution in [3.8, 4) is 28.4 Å². The average molecular weight is 847 g/mol. The number of benzene rings is 3. The van der Waals surface area contributed by atoms with E-state index >= 15 is 0 Å². The Morgan fingerprint density at radius 1 is 0.717 bits per heavy atom. The van der Waals surface area contributed by atoms with Crippen LogP contribution in [-0.2, 0) is 10.8 Å². The molecule has 60 heavy (non-hydrogen) atoms. The van der Waals surface area contributed by atoms with Crippen LogP contribution in [0.25, 0.3) is 16.7 Å². The zero-order chi connectivity index (χ0) is 42.9. The lowest BCUT2D eigenvalue weighted by Crippen LogP contribution is -2.19. The number of thiophene rings is 1. The standard InChI is InChI=1S/C54H70O4S2/c1-9-11-13-29-53(5,6)41-25-27-47(43(33-41)45-35-59-51(49(45)55)39-21-17-37(3)18-22-39)57-31-15-16-32-58-48-28-26-42(54(7,8)30-14-12-10-2)34-44(48)46-36-60-52(50(46)56)40-23-19-38(4)20-24-40/h17-23,25-28,33-36,40,49,51,55-56H,9-16,24,29-32H2,1-8H3. The first-order chi connectivity index (χ1) is 28.8. The molecule has 0 saturated carbocycles. The van der Waals surface area contributed by atoms with Crippen molar-refractivity contribution in [2.24, 2.45) is 0 Å². The van der Waals surface area contributed by atoms with Crippen LogP contribution in [0.4, 0.5) is 0 Å². The second-order valence-electron chi connectivity index (χ2n) is 18.5. The van der Waals surface area contributed by atoms with Crippen LogP contribution in [0.1, 0.15) is 163 Å². The second-order valence-corrected chi connectivity index (χ2v) is 20.4. The van der Waals surface area contributed by atoms with Crippen LogP contribution in [0, 0.1) is 6.92 Å². The number of hydrogen-bond acceptors (Lipinski definition) is 6. The first-order valence-electron chi connectivity index (χ1n) is 22.6. The van der Waals surface area contributed by atoms with E-state index in [0.29, 0.717) is 19.0 Å². The van der Waals surface area contributed by atoms with Crippen LogP contribution >= 0.6 is 23.1 Å². The number of rotatable bonds is 21. The van der Waals surface area contributed by atoms with Crippen LogP contribution in [0.5, 0.6) is 17.2 Å². The maximum Gasteiger partial charge on any atom is 0.138 e. The predicted molar refractivity (Wildman–Crippen MR) is 258 cm³/mol. The average Bonchev–Trinajstić information content (AvgIpc) is 3.81. The summed E-state index contributed by atoms with van der Waals surface area (Å²) in [6.07, 6.45) is 18.0. The largest absolute Gasteiger partial charge is 0.506 e. The molecular formula is C54H70O4S2. The first-order valence-corrected chi connectivity index (χ1v) is 24.5. The van der Waals surface area contributed by atoms with E-state index in [9.17, 15) is 10.2 Å². The van der Waals surface area contributed by atoms with E-state index in [-0.39, 0.29) is 22.0 Å². The molecule has 322 valence electrons. The van der Waals surface area contributed by atoms with Gasteiger partial charge >= 0.3 is 0 Å². The number of unbranched alkanes of at least 4 members (excludes halogenated alkanes) is 5. The summed E-state index contributed by atoms with van der Waals surface area (Å²) in [5.41, 5.74) is 9.96. The monoisotopic (exact) mass is 846 g/mol. The summed E-state index contributed by atoms with van der Waals surface area (Å²) >= 11 is 3.34. The van der Waals surface area contributed by atoms with Gasteiger partial charge in [-0.2, -0.15) is 0 Å². The summed E-state index contributed by atoms with van der Waals surface area (Å²) in [6, 6.07) is 21.8. The van der Waals surface area contributed by atoms with Gasteiger partial charge in [0.1, 0.15) is 17.2 Å². The number of ether oxygens (including phenoxy) is 2. The third kappa shape index (κ3) is 11.2. The van der Waals surface area contributed by atoms with Crippen LogP contribution in [-0.4, -0.2) is 29.5 Å². The number of thioether (sulfide) groups is 1. The Morgan fingerprint density at radius 2 is 1.30 bits per heavy atom. The summed E-state index contributed by atoms with van der Waals surface area (Å²) in [4.78, 5) is 1.01. The van der Waals surface area contributed by atoms with Crippen LogP contribution in [0.15, 0.2) is 95.3 Å². The summed E-state index contributed by atoms with van der Waals surface area (Å²) in [7, 11) is 0. The van der Waals surface area contributed by atoms with Crippen LogP contribution < -0.4 is 9.47 Å². The highest BCUT2D eigenvalue weighted by Crippen LogP contribution is 2.50. The van der Waals surface area contributed by atoms with Crippen molar-refractivity contribution in [1.29, 1.82) is 0 Å². The van der Waals surface area contributed by atoms with E-state index in [1.807, 2.05) is 0 Å². The van der Waals surface area contributed by atoms with Gasteiger partial charge in [0.2, 0.25) is 0 Å². The van der Waals surface area contributed by atoms with E-state index < -0.39 is 6.10 Å². The molecule has 6 heteroatoms. The molecule has 6 rings (SSSR count). The molecule has 1 aliphatic carbocycles. The van der Waals surface area contributed by atoms with Crippen molar-refractivity contribution in [3.05, 3.63) is 128 Å². The highest BCUT2D eigenvalue weighted by Gasteiger charge is 2.33. The fraction of sp³-hybridized carbons (Fsp3) is 0.481.